The van der Waals surface area contributed by atoms with Gasteiger partial charge in [-0.1, -0.05) is 0 Å². The molecule has 0 spiro atoms. The normalized spacial score (nSPS) is 11.2. The van der Waals surface area contributed by atoms with Crippen LogP contribution in [-0.2, 0) is 0 Å². The fourth-order valence-electron chi connectivity index (χ4n) is 1.74. The van der Waals surface area contributed by atoms with E-state index in [0.717, 1.165) is 27.6 Å². The first-order valence-corrected chi connectivity index (χ1v) is 6.07. The number of nitrogen functional groups attached to an aromatic ring is 1. The van der Waals surface area contributed by atoms with Crippen molar-refractivity contribution in [1.82, 2.24) is 19.7 Å². The minimum atomic E-state index is 0.644. The van der Waals surface area contributed by atoms with E-state index in [1.807, 2.05) is 19.2 Å². The summed E-state index contributed by atoms with van der Waals surface area (Å²) in [6, 6.07) is 1.76. The maximum absolute atomic E-state index is 5.89. The molecule has 2 N–H and O–H groups in total. The van der Waals surface area contributed by atoms with Crippen LogP contribution in [0.25, 0.3) is 16.2 Å². The molecule has 0 radical (unpaired) electrons. The van der Waals surface area contributed by atoms with Gasteiger partial charge in [0.05, 0.1) is 17.1 Å². The van der Waals surface area contributed by atoms with Crippen molar-refractivity contribution in [2.45, 2.75) is 13.8 Å². The number of anilines is 1. The van der Waals surface area contributed by atoms with Gasteiger partial charge in [0.25, 0.3) is 0 Å². The predicted molar refractivity (Wildman–Crippen MR) is 68.4 cm³/mol. The second-order valence-electron chi connectivity index (χ2n) is 3.87. The molecule has 0 aliphatic heterocycles. The highest BCUT2D eigenvalue weighted by Gasteiger charge is 2.13. The Labute approximate surface area is 102 Å². The van der Waals surface area contributed by atoms with Crippen LogP contribution in [0.1, 0.15) is 11.4 Å². The summed E-state index contributed by atoms with van der Waals surface area (Å²) in [5.74, 6) is 0. The average molecular weight is 245 g/mol. The SMILES string of the molecule is Cc1csc(-n2nc3c(N)ccnc3c2C)n1. The van der Waals surface area contributed by atoms with Crippen LogP contribution in [0.3, 0.4) is 0 Å². The van der Waals surface area contributed by atoms with Gasteiger partial charge in [-0.3, -0.25) is 4.98 Å². The lowest BCUT2D eigenvalue weighted by Gasteiger charge is -1.96. The van der Waals surface area contributed by atoms with Crippen molar-refractivity contribution >= 4 is 28.1 Å². The Bertz CT molecular complexity index is 697. The molecule has 0 fully saturated rings. The summed E-state index contributed by atoms with van der Waals surface area (Å²) < 4.78 is 1.80. The summed E-state index contributed by atoms with van der Waals surface area (Å²) in [5, 5.41) is 7.32. The molecule has 86 valence electrons. The van der Waals surface area contributed by atoms with Crippen molar-refractivity contribution in [2.24, 2.45) is 0 Å². The van der Waals surface area contributed by atoms with Crippen molar-refractivity contribution in [2.75, 3.05) is 5.73 Å². The lowest BCUT2D eigenvalue weighted by Crippen LogP contribution is -1.98. The van der Waals surface area contributed by atoms with Gasteiger partial charge in [-0.25, -0.2) is 9.67 Å². The molecule has 6 heteroatoms. The van der Waals surface area contributed by atoms with E-state index in [4.69, 9.17) is 5.73 Å². The van der Waals surface area contributed by atoms with Crippen LogP contribution in [0.15, 0.2) is 17.6 Å². The van der Waals surface area contributed by atoms with Crippen molar-refractivity contribution in [3.8, 4) is 5.13 Å². The Morgan fingerprint density at radius 2 is 2.12 bits per heavy atom. The quantitative estimate of drug-likeness (QED) is 0.712. The van der Waals surface area contributed by atoms with Gasteiger partial charge in [0.1, 0.15) is 11.0 Å². The molecule has 0 bridgehead atoms. The van der Waals surface area contributed by atoms with Gasteiger partial charge >= 0.3 is 0 Å². The maximum Gasteiger partial charge on any atom is 0.210 e. The van der Waals surface area contributed by atoms with Gasteiger partial charge in [-0.05, 0) is 19.9 Å². The largest absolute Gasteiger partial charge is 0.397 e. The Hall–Kier alpha value is -1.95. The maximum atomic E-state index is 5.89. The summed E-state index contributed by atoms with van der Waals surface area (Å²) in [6.07, 6.45) is 1.70. The first-order chi connectivity index (χ1) is 8.16. The second kappa shape index (κ2) is 3.53. The van der Waals surface area contributed by atoms with Crippen molar-refractivity contribution in [3.05, 3.63) is 29.0 Å². The fraction of sp³-hybridized carbons (Fsp3) is 0.182. The van der Waals surface area contributed by atoms with E-state index in [9.17, 15) is 0 Å². The first kappa shape index (κ1) is 10.2. The van der Waals surface area contributed by atoms with Gasteiger partial charge in [0.2, 0.25) is 5.13 Å². The van der Waals surface area contributed by atoms with Gasteiger partial charge in [0.15, 0.2) is 0 Å². The molecule has 3 rings (SSSR count). The summed E-state index contributed by atoms with van der Waals surface area (Å²) in [4.78, 5) is 8.73. The van der Waals surface area contributed by atoms with E-state index in [2.05, 4.69) is 15.1 Å². The predicted octanol–water partition coefficient (Wildman–Crippen LogP) is 2.08. The topological polar surface area (TPSA) is 69.6 Å². The molecule has 0 atom stereocenters. The van der Waals surface area contributed by atoms with Gasteiger partial charge in [0, 0.05) is 11.6 Å². The molecule has 0 aliphatic carbocycles. The molecule has 17 heavy (non-hydrogen) atoms. The molecule has 0 saturated heterocycles. The molecule has 3 aromatic rings. The first-order valence-electron chi connectivity index (χ1n) is 5.19. The van der Waals surface area contributed by atoms with Crippen molar-refractivity contribution in [1.29, 1.82) is 0 Å². The van der Waals surface area contributed by atoms with Crippen LogP contribution in [0, 0.1) is 13.8 Å². The Balaban J connectivity index is 2.31. The van der Waals surface area contributed by atoms with Crippen LogP contribution in [0.2, 0.25) is 0 Å². The summed E-state index contributed by atoms with van der Waals surface area (Å²) in [7, 11) is 0. The highest BCUT2D eigenvalue weighted by molar-refractivity contribution is 7.12. The second-order valence-corrected chi connectivity index (χ2v) is 4.70. The zero-order valence-electron chi connectivity index (χ0n) is 9.51. The van der Waals surface area contributed by atoms with Crippen LogP contribution >= 0.6 is 11.3 Å². The van der Waals surface area contributed by atoms with Crippen molar-refractivity contribution < 1.29 is 0 Å². The number of thiazole rings is 1. The van der Waals surface area contributed by atoms with Crippen LogP contribution in [-0.4, -0.2) is 19.7 Å². The Kier molecular flexibility index (Phi) is 2.12. The summed E-state index contributed by atoms with van der Waals surface area (Å²) in [6.45, 7) is 3.93. The van der Waals surface area contributed by atoms with Crippen LogP contribution in [0.5, 0.6) is 0 Å². The number of nitrogens with zero attached hydrogens (tertiary/aromatic N) is 4. The highest BCUT2D eigenvalue weighted by atomic mass is 32.1. The minimum Gasteiger partial charge on any atom is -0.397 e. The van der Waals surface area contributed by atoms with Crippen LogP contribution < -0.4 is 5.73 Å². The minimum absolute atomic E-state index is 0.644. The van der Waals surface area contributed by atoms with Gasteiger partial charge in [-0.15, -0.1) is 11.3 Å². The third kappa shape index (κ3) is 1.49. The number of hydrogen-bond donors (Lipinski definition) is 1. The van der Waals surface area contributed by atoms with Gasteiger partial charge in [-0.2, -0.15) is 5.10 Å². The van der Waals surface area contributed by atoms with Crippen molar-refractivity contribution in [3.63, 3.8) is 0 Å². The fourth-order valence-corrected chi connectivity index (χ4v) is 2.54. The van der Waals surface area contributed by atoms with E-state index >= 15 is 0 Å². The smallest absolute Gasteiger partial charge is 0.210 e. The molecule has 3 aromatic heterocycles. The van der Waals surface area contributed by atoms with E-state index in [0.29, 0.717) is 5.69 Å². The summed E-state index contributed by atoms with van der Waals surface area (Å²) >= 11 is 1.56. The number of nitrogens with two attached hydrogens (primary N) is 1. The molecule has 5 nitrogen and oxygen atoms in total. The number of fused-ring (bicyclic) bond motifs is 1. The molecule has 0 amide bonds. The Morgan fingerprint density at radius 3 is 2.76 bits per heavy atom. The average Bonchev–Trinajstić information content (AvgIpc) is 2.85. The number of hydrogen-bond acceptors (Lipinski definition) is 5. The zero-order chi connectivity index (χ0) is 12.0. The van der Waals surface area contributed by atoms with Gasteiger partial charge < -0.3 is 5.73 Å². The number of aryl methyl sites for hydroxylation is 2. The van der Waals surface area contributed by atoms with E-state index in [-0.39, 0.29) is 0 Å². The monoisotopic (exact) mass is 245 g/mol. The molecular formula is C11H11N5S. The Morgan fingerprint density at radius 1 is 1.29 bits per heavy atom. The van der Waals surface area contributed by atoms with Crippen LogP contribution in [0.4, 0.5) is 5.69 Å². The van der Waals surface area contributed by atoms with E-state index in [1.54, 1.807) is 28.3 Å². The number of rotatable bonds is 1. The summed E-state index contributed by atoms with van der Waals surface area (Å²) in [5.41, 5.74) is 10.0. The lowest BCUT2D eigenvalue weighted by atomic mass is 10.3. The van der Waals surface area contributed by atoms with E-state index in [1.165, 1.54) is 0 Å². The third-order valence-electron chi connectivity index (χ3n) is 2.60. The van der Waals surface area contributed by atoms with E-state index < -0.39 is 0 Å². The molecule has 0 unspecified atom stereocenters. The molecule has 0 aliphatic rings. The number of aromatic nitrogens is 4. The standard InChI is InChI=1S/C11H11N5S/c1-6-5-17-11(14-6)16-7(2)9-10(15-16)8(12)3-4-13-9/h3-5H,12H2,1-2H3. The number of pyridine rings is 1. The highest BCUT2D eigenvalue weighted by Crippen LogP contribution is 2.24. The molecular weight excluding hydrogens is 234 g/mol. The lowest BCUT2D eigenvalue weighted by molar-refractivity contribution is 0.847. The molecule has 0 saturated carbocycles. The molecule has 3 heterocycles. The zero-order valence-corrected chi connectivity index (χ0v) is 10.3. The third-order valence-corrected chi connectivity index (χ3v) is 3.54. The molecule has 0 aromatic carbocycles.